The van der Waals surface area contributed by atoms with Crippen molar-refractivity contribution in [3.63, 3.8) is 0 Å². The standard InChI is InChI=1S/C16H22N2O/c1-2-17-11-4-3-5-13-19-16-10-6-9-15-14(16)8-7-12-18-15/h6-10,12,17H,2-5,11,13H2,1H3. The van der Waals surface area contributed by atoms with Crippen LogP contribution in [-0.4, -0.2) is 24.7 Å². The molecule has 3 nitrogen and oxygen atoms in total. The fourth-order valence-electron chi connectivity index (χ4n) is 2.09. The van der Waals surface area contributed by atoms with Crippen LogP contribution in [0.25, 0.3) is 10.9 Å². The maximum atomic E-state index is 5.87. The molecule has 0 unspecified atom stereocenters. The van der Waals surface area contributed by atoms with Crippen molar-refractivity contribution >= 4 is 10.9 Å². The molecule has 1 heterocycles. The van der Waals surface area contributed by atoms with Crippen LogP contribution in [0.5, 0.6) is 5.75 Å². The Morgan fingerprint density at radius 1 is 1.11 bits per heavy atom. The molecule has 0 aliphatic carbocycles. The van der Waals surface area contributed by atoms with E-state index >= 15 is 0 Å². The van der Waals surface area contributed by atoms with Crippen LogP contribution in [0.15, 0.2) is 36.5 Å². The molecule has 0 bridgehead atoms. The molecule has 0 saturated carbocycles. The quantitative estimate of drug-likeness (QED) is 0.737. The van der Waals surface area contributed by atoms with Crippen molar-refractivity contribution in [3.8, 4) is 5.75 Å². The van der Waals surface area contributed by atoms with Gasteiger partial charge in [-0.05, 0) is 56.6 Å². The highest BCUT2D eigenvalue weighted by Crippen LogP contribution is 2.23. The molecule has 102 valence electrons. The maximum absolute atomic E-state index is 5.87. The van der Waals surface area contributed by atoms with Crippen molar-refractivity contribution in [2.75, 3.05) is 19.7 Å². The largest absolute Gasteiger partial charge is 0.493 e. The molecule has 0 fully saturated rings. The Kier molecular flexibility index (Phi) is 5.63. The number of hydrogen-bond donors (Lipinski definition) is 1. The van der Waals surface area contributed by atoms with Crippen molar-refractivity contribution in [1.29, 1.82) is 0 Å². The summed E-state index contributed by atoms with van der Waals surface area (Å²) in [5, 5.41) is 4.43. The summed E-state index contributed by atoms with van der Waals surface area (Å²) in [4.78, 5) is 4.33. The number of nitrogens with zero attached hydrogens (tertiary/aromatic N) is 1. The molecule has 0 radical (unpaired) electrons. The van der Waals surface area contributed by atoms with Gasteiger partial charge in [-0.1, -0.05) is 13.0 Å². The average Bonchev–Trinajstić information content (AvgIpc) is 2.46. The first-order valence-electron chi connectivity index (χ1n) is 7.09. The van der Waals surface area contributed by atoms with Gasteiger partial charge in [-0.15, -0.1) is 0 Å². The molecule has 1 N–H and O–H groups in total. The lowest BCUT2D eigenvalue weighted by molar-refractivity contribution is 0.308. The van der Waals surface area contributed by atoms with Crippen LogP contribution in [0.3, 0.4) is 0 Å². The minimum atomic E-state index is 0.778. The first-order valence-corrected chi connectivity index (χ1v) is 7.09. The van der Waals surface area contributed by atoms with E-state index in [9.17, 15) is 0 Å². The van der Waals surface area contributed by atoms with E-state index in [2.05, 4.69) is 23.3 Å². The summed E-state index contributed by atoms with van der Waals surface area (Å²) in [6.45, 7) is 5.08. The number of benzene rings is 1. The predicted octanol–water partition coefficient (Wildman–Crippen LogP) is 3.39. The molecule has 0 spiro atoms. The van der Waals surface area contributed by atoms with Crippen LogP contribution in [0.2, 0.25) is 0 Å². The molecule has 1 aromatic heterocycles. The highest BCUT2D eigenvalue weighted by atomic mass is 16.5. The van der Waals surface area contributed by atoms with Crippen molar-refractivity contribution in [2.24, 2.45) is 0 Å². The summed E-state index contributed by atoms with van der Waals surface area (Å²) in [5.41, 5.74) is 0.993. The van der Waals surface area contributed by atoms with Gasteiger partial charge in [-0.2, -0.15) is 0 Å². The zero-order chi connectivity index (χ0) is 13.3. The van der Waals surface area contributed by atoms with Gasteiger partial charge in [0.25, 0.3) is 0 Å². The number of aromatic nitrogens is 1. The first kappa shape index (κ1) is 13.8. The van der Waals surface area contributed by atoms with E-state index in [4.69, 9.17) is 4.74 Å². The summed E-state index contributed by atoms with van der Waals surface area (Å²) in [6.07, 6.45) is 5.33. The van der Waals surface area contributed by atoms with Crippen LogP contribution in [0.1, 0.15) is 26.2 Å². The van der Waals surface area contributed by atoms with Gasteiger partial charge in [0, 0.05) is 11.6 Å². The van der Waals surface area contributed by atoms with Gasteiger partial charge in [-0.3, -0.25) is 4.98 Å². The van der Waals surface area contributed by atoms with Crippen LogP contribution in [-0.2, 0) is 0 Å². The van der Waals surface area contributed by atoms with Gasteiger partial charge in [-0.25, -0.2) is 0 Å². The van der Waals surface area contributed by atoms with E-state index in [1.165, 1.54) is 12.8 Å². The van der Waals surface area contributed by atoms with Crippen molar-refractivity contribution in [1.82, 2.24) is 10.3 Å². The molecule has 0 aliphatic heterocycles. The normalized spacial score (nSPS) is 10.8. The number of unbranched alkanes of at least 4 members (excludes halogenated alkanes) is 2. The molecule has 2 rings (SSSR count). The molecule has 1 aromatic carbocycles. The molecule has 0 aliphatic rings. The Morgan fingerprint density at radius 2 is 2.05 bits per heavy atom. The Morgan fingerprint density at radius 3 is 2.95 bits per heavy atom. The summed E-state index contributed by atoms with van der Waals surface area (Å²) in [5.74, 6) is 0.942. The summed E-state index contributed by atoms with van der Waals surface area (Å²) < 4.78 is 5.87. The average molecular weight is 258 g/mol. The molecular formula is C16H22N2O. The summed E-state index contributed by atoms with van der Waals surface area (Å²) in [6, 6.07) is 10.0. The number of nitrogens with one attached hydrogen (secondary N) is 1. The number of pyridine rings is 1. The number of ether oxygens (including phenoxy) is 1. The van der Waals surface area contributed by atoms with Gasteiger partial charge in [0.15, 0.2) is 0 Å². The third-order valence-electron chi connectivity index (χ3n) is 3.11. The highest BCUT2D eigenvalue weighted by molar-refractivity contribution is 5.84. The highest BCUT2D eigenvalue weighted by Gasteiger charge is 2.01. The first-order chi connectivity index (χ1) is 9.42. The Labute approximate surface area is 115 Å². The van der Waals surface area contributed by atoms with Crippen LogP contribution < -0.4 is 10.1 Å². The van der Waals surface area contributed by atoms with Crippen LogP contribution in [0.4, 0.5) is 0 Å². The summed E-state index contributed by atoms with van der Waals surface area (Å²) in [7, 11) is 0. The van der Waals surface area contributed by atoms with Crippen molar-refractivity contribution < 1.29 is 4.74 Å². The molecule has 0 amide bonds. The number of rotatable bonds is 8. The SMILES string of the molecule is CCNCCCCCOc1cccc2ncccc12. The minimum Gasteiger partial charge on any atom is -0.493 e. The zero-order valence-electron chi connectivity index (χ0n) is 11.6. The predicted molar refractivity (Wildman–Crippen MR) is 79.6 cm³/mol. The third kappa shape index (κ3) is 4.21. The molecule has 3 heteroatoms. The minimum absolute atomic E-state index is 0.778. The summed E-state index contributed by atoms with van der Waals surface area (Å²) >= 11 is 0. The second-order valence-electron chi connectivity index (χ2n) is 4.59. The smallest absolute Gasteiger partial charge is 0.128 e. The van der Waals surface area contributed by atoms with Crippen LogP contribution in [0, 0.1) is 0 Å². The Hall–Kier alpha value is -1.61. The second-order valence-corrected chi connectivity index (χ2v) is 4.59. The van der Waals surface area contributed by atoms with E-state index in [-0.39, 0.29) is 0 Å². The van der Waals surface area contributed by atoms with Gasteiger partial charge in [0.1, 0.15) is 5.75 Å². The fourth-order valence-corrected chi connectivity index (χ4v) is 2.09. The molecule has 2 aromatic rings. The number of hydrogen-bond acceptors (Lipinski definition) is 3. The van der Waals surface area contributed by atoms with Gasteiger partial charge in [0.05, 0.1) is 12.1 Å². The number of fused-ring (bicyclic) bond motifs is 1. The van der Waals surface area contributed by atoms with Crippen molar-refractivity contribution in [3.05, 3.63) is 36.5 Å². The van der Waals surface area contributed by atoms with E-state index < -0.39 is 0 Å². The monoisotopic (exact) mass is 258 g/mol. The van der Waals surface area contributed by atoms with Gasteiger partial charge >= 0.3 is 0 Å². The molecule has 0 saturated heterocycles. The lowest BCUT2D eigenvalue weighted by atomic mass is 10.2. The van der Waals surface area contributed by atoms with Crippen molar-refractivity contribution in [2.45, 2.75) is 26.2 Å². The van der Waals surface area contributed by atoms with E-state index in [0.717, 1.165) is 42.8 Å². The lowest BCUT2D eigenvalue weighted by Crippen LogP contribution is -2.14. The van der Waals surface area contributed by atoms with E-state index in [1.54, 1.807) is 0 Å². The Balaban J connectivity index is 1.78. The Bertz CT molecular complexity index is 494. The maximum Gasteiger partial charge on any atom is 0.128 e. The fraction of sp³-hybridized carbons (Fsp3) is 0.438. The topological polar surface area (TPSA) is 34.1 Å². The lowest BCUT2D eigenvalue weighted by Gasteiger charge is -2.08. The van der Waals surface area contributed by atoms with E-state index in [1.807, 2.05) is 30.5 Å². The molecule has 19 heavy (non-hydrogen) atoms. The van der Waals surface area contributed by atoms with E-state index in [0.29, 0.717) is 0 Å². The molecule has 0 atom stereocenters. The molecular weight excluding hydrogens is 236 g/mol. The van der Waals surface area contributed by atoms with Gasteiger partial charge in [0.2, 0.25) is 0 Å². The van der Waals surface area contributed by atoms with Gasteiger partial charge < -0.3 is 10.1 Å². The van der Waals surface area contributed by atoms with Crippen LogP contribution >= 0.6 is 0 Å². The second kappa shape index (κ2) is 7.74. The third-order valence-corrected chi connectivity index (χ3v) is 3.11. The zero-order valence-corrected chi connectivity index (χ0v) is 11.6.